The van der Waals surface area contributed by atoms with E-state index in [-0.39, 0.29) is 17.0 Å². The van der Waals surface area contributed by atoms with Crippen molar-refractivity contribution in [2.24, 2.45) is 0 Å². The quantitative estimate of drug-likeness (QED) is 0.704. The Hall–Kier alpha value is -1.76. The summed E-state index contributed by atoms with van der Waals surface area (Å²) in [4.78, 5) is 25.9. The molecule has 2 rings (SSSR count). The highest BCUT2D eigenvalue weighted by molar-refractivity contribution is 5.61. The molecule has 0 unspecified atom stereocenters. The lowest BCUT2D eigenvalue weighted by molar-refractivity contribution is 0.186. The summed E-state index contributed by atoms with van der Waals surface area (Å²) in [6, 6.07) is 0. The Morgan fingerprint density at radius 2 is 2.16 bits per heavy atom. The van der Waals surface area contributed by atoms with Crippen LogP contribution in [0.25, 0.3) is 0 Å². The van der Waals surface area contributed by atoms with Crippen LogP contribution in [-0.2, 0) is 11.3 Å². The van der Waals surface area contributed by atoms with Gasteiger partial charge in [-0.1, -0.05) is 0 Å². The lowest BCUT2D eigenvalue weighted by Crippen LogP contribution is -2.45. The van der Waals surface area contributed by atoms with Crippen LogP contribution in [-0.4, -0.2) is 28.8 Å². The molecule has 7 nitrogen and oxygen atoms in total. The molecule has 0 amide bonds. The van der Waals surface area contributed by atoms with Gasteiger partial charge in [-0.3, -0.25) is 14.3 Å². The molecule has 1 aliphatic carbocycles. The molecule has 106 valence electrons. The second-order valence-corrected chi connectivity index (χ2v) is 5.20. The van der Waals surface area contributed by atoms with Crippen molar-refractivity contribution in [3.63, 3.8) is 0 Å². The Morgan fingerprint density at radius 3 is 2.68 bits per heavy atom. The highest BCUT2D eigenvalue weighted by atomic mass is 16.5. The number of nitrogens with one attached hydrogen (secondary N) is 2. The smallest absolute Gasteiger partial charge is 0.330 e. The molecule has 0 spiro atoms. The number of rotatable bonds is 5. The van der Waals surface area contributed by atoms with E-state index in [1.165, 1.54) is 4.57 Å². The third kappa shape index (κ3) is 2.65. The fourth-order valence-corrected chi connectivity index (χ4v) is 2.25. The Balaban J connectivity index is 2.37. The fourth-order valence-electron chi connectivity index (χ4n) is 2.25. The van der Waals surface area contributed by atoms with Crippen LogP contribution in [0, 0.1) is 0 Å². The third-order valence-corrected chi connectivity index (χ3v) is 3.64. The third-order valence-electron chi connectivity index (χ3n) is 3.64. The molecule has 1 aromatic rings. The van der Waals surface area contributed by atoms with Gasteiger partial charge in [-0.05, 0) is 26.2 Å². The van der Waals surface area contributed by atoms with Gasteiger partial charge in [0, 0.05) is 12.6 Å². The molecule has 0 atom stereocenters. The first kappa shape index (κ1) is 13.7. The van der Waals surface area contributed by atoms with Gasteiger partial charge in [0.2, 0.25) is 0 Å². The molecule has 1 aromatic heterocycles. The summed E-state index contributed by atoms with van der Waals surface area (Å²) in [5, 5.41) is 3.17. The minimum absolute atomic E-state index is 0.107. The number of hydrogen-bond acceptors (Lipinski definition) is 5. The van der Waals surface area contributed by atoms with Crippen LogP contribution in [0.2, 0.25) is 0 Å². The van der Waals surface area contributed by atoms with E-state index in [2.05, 4.69) is 10.3 Å². The molecule has 19 heavy (non-hydrogen) atoms. The number of ether oxygens (including phenoxy) is 1. The molecule has 1 saturated carbocycles. The lowest BCUT2D eigenvalue weighted by Gasteiger charge is -2.40. The first-order valence-corrected chi connectivity index (χ1v) is 6.36. The predicted molar refractivity (Wildman–Crippen MR) is 73.5 cm³/mol. The molecule has 7 heteroatoms. The van der Waals surface area contributed by atoms with Gasteiger partial charge in [-0.15, -0.1) is 0 Å². The number of nitrogens with zero attached hydrogens (tertiary/aromatic N) is 1. The fraction of sp³-hybridized carbons (Fsp3) is 0.667. The van der Waals surface area contributed by atoms with Crippen LogP contribution in [0.15, 0.2) is 9.59 Å². The SMILES string of the molecule is COCCn1c(N)c(NC2(C)CCC2)c(=O)[nH]c1=O. The maximum Gasteiger partial charge on any atom is 0.330 e. The Labute approximate surface area is 110 Å². The summed E-state index contributed by atoms with van der Waals surface area (Å²) in [6.45, 7) is 2.70. The topological polar surface area (TPSA) is 102 Å². The van der Waals surface area contributed by atoms with Gasteiger partial charge in [0.15, 0.2) is 0 Å². The standard InChI is InChI=1S/C12H20N4O3/c1-12(4-3-5-12)15-8-9(13)16(6-7-19-2)11(18)14-10(8)17/h15H,3-7,13H2,1-2H3,(H,14,17,18). The second kappa shape index (κ2) is 5.08. The van der Waals surface area contributed by atoms with E-state index >= 15 is 0 Å². The van der Waals surface area contributed by atoms with Crippen molar-refractivity contribution in [3.8, 4) is 0 Å². The van der Waals surface area contributed by atoms with Crippen LogP contribution in [0.1, 0.15) is 26.2 Å². The van der Waals surface area contributed by atoms with Crippen molar-refractivity contribution in [1.29, 1.82) is 0 Å². The van der Waals surface area contributed by atoms with Gasteiger partial charge in [0.05, 0.1) is 13.2 Å². The number of H-pyrrole nitrogens is 1. The Kier molecular flexibility index (Phi) is 3.66. The highest BCUT2D eigenvalue weighted by Crippen LogP contribution is 2.34. The minimum Gasteiger partial charge on any atom is -0.383 e. The van der Waals surface area contributed by atoms with E-state index in [1.54, 1.807) is 7.11 Å². The summed E-state index contributed by atoms with van der Waals surface area (Å²) in [5.74, 6) is 0.166. The van der Waals surface area contributed by atoms with E-state index in [1.807, 2.05) is 6.92 Å². The van der Waals surface area contributed by atoms with E-state index in [4.69, 9.17) is 10.5 Å². The van der Waals surface area contributed by atoms with E-state index < -0.39 is 11.2 Å². The molecular formula is C12H20N4O3. The molecule has 4 N–H and O–H groups in total. The van der Waals surface area contributed by atoms with Crippen molar-refractivity contribution < 1.29 is 4.74 Å². The zero-order valence-electron chi connectivity index (χ0n) is 11.3. The van der Waals surface area contributed by atoms with Crippen LogP contribution in [0.5, 0.6) is 0 Å². The maximum atomic E-state index is 11.9. The van der Waals surface area contributed by atoms with Gasteiger partial charge in [-0.2, -0.15) is 0 Å². The molecule has 1 heterocycles. The van der Waals surface area contributed by atoms with E-state index in [0.717, 1.165) is 19.3 Å². The highest BCUT2D eigenvalue weighted by Gasteiger charge is 2.33. The van der Waals surface area contributed by atoms with Gasteiger partial charge in [-0.25, -0.2) is 4.79 Å². The van der Waals surface area contributed by atoms with E-state index in [0.29, 0.717) is 13.2 Å². The number of methoxy groups -OCH3 is 1. The van der Waals surface area contributed by atoms with Crippen molar-refractivity contribution in [2.45, 2.75) is 38.3 Å². The number of hydrogen-bond donors (Lipinski definition) is 3. The van der Waals surface area contributed by atoms with Crippen LogP contribution in [0.4, 0.5) is 11.5 Å². The molecule has 1 fully saturated rings. The zero-order chi connectivity index (χ0) is 14.0. The molecule has 0 aromatic carbocycles. The Morgan fingerprint density at radius 1 is 1.47 bits per heavy atom. The van der Waals surface area contributed by atoms with Gasteiger partial charge >= 0.3 is 5.69 Å². The summed E-state index contributed by atoms with van der Waals surface area (Å²) in [7, 11) is 1.54. The van der Waals surface area contributed by atoms with Crippen LogP contribution >= 0.6 is 0 Å². The van der Waals surface area contributed by atoms with E-state index in [9.17, 15) is 9.59 Å². The number of aromatic amines is 1. The normalized spacial score (nSPS) is 16.9. The first-order valence-electron chi connectivity index (χ1n) is 6.36. The number of nitrogen functional groups attached to an aromatic ring is 1. The molecular weight excluding hydrogens is 248 g/mol. The van der Waals surface area contributed by atoms with Crippen LogP contribution in [0.3, 0.4) is 0 Å². The van der Waals surface area contributed by atoms with Crippen LogP contribution < -0.4 is 22.3 Å². The number of anilines is 2. The second-order valence-electron chi connectivity index (χ2n) is 5.20. The van der Waals surface area contributed by atoms with Gasteiger partial charge in [0.25, 0.3) is 5.56 Å². The first-order chi connectivity index (χ1) is 8.97. The van der Waals surface area contributed by atoms with Gasteiger partial charge < -0.3 is 15.8 Å². The summed E-state index contributed by atoms with van der Waals surface area (Å²) in [6.07, 6.45) is 3.11. The summed E-state index contributed by atoms with van der Waals surface area (Å²) < 4.78 is 6.25. The van der Waals surface area contributed by atoms with Crippen molar-refractivity contribution in [3.05, 3.63) is 20.8 Å². The molecule has 1 aliphatic rings. The largest absolute Gasteiger partial charge is 0.383 e. The predicted octanol–water partition coefficient (Wildman–Crippen LogP) is 0.120. The Bertz CT molecular complexity index is 571. The maximum absolute atomic E-state index is 11.9. The summed E-state index contributed by atoms with van der Waals surface area (Å²) >= 11 is 0. The van der Waals surface area contributed by atoms with Crippen molar-refractivity contribution in [2.75, 3.05) is 24.8 Å². The average Bonchev–Trinajstić information content (AvgIpc) is 2.32. The molecule has 0 aliphatic heterocycles. The number of nitrogens with two attached hydrogens (primary N) is 1. The molecule has 0 saturated heterocycles. The zero-order valence-corrected chi connectivity index (χ0v) is 11.3. The average molecular weight is 268 g/mol. The molecule has 0 bridgehead atoms. The van der Waals surface area contributed by atoms with Gasteiger partial charge in [0.1, 0.15) is 11.5 Å². The number of aromatic nitrogens is 2. The van der Waals surface area contributed by atoms with Crippen molar-refractivity contribution in [1.82, 2.24) is 9.55 Å². The monoisotopic (exact) mass is 268 g/mol. The lowest BCUT2D eigenvalue weighted by atomic mass is 9.78. The van der Waals surface area contributed by atoms with Crippen molar-refractivity contribution >= 4 is 11.5 Å². The molecule has 0 radical (unpaired) electrons. The summed E-state index contributed by atoms with van der Waals surface area (Å²) in [5.41, 5.74) is 5.13. The minimum atomic E-state index is -0.510.